The topological polar surface area (TPSA) is 91.3 Å². The fourth-order valence-corrected chi connectivity index (χ4v) is 3.20. The summed E-state index contributed by atoms with van der Waals surface area (Å²) in [5.41, 5.74) is 2.37. The number of benzene rings is 2. The molecule has 7 nitrogen and oxygen atoms in total. The molecule has 0 bridgehead atoms. The van der Waals surface area contributed by atoms with Crippen LogP contribution in [0.1, 0.15) is 46.0 Å². The Balaban J connectivity index is 2.11. The van der Waals surface area contributed by atoms with Crippen LogP contribution in [-0.4, -0.2) is 29.2 Å². The van der Waals surface area contributed by atoms with Gasteiger partial charge in [-0.2, -0.15) is 10.2 Å². The first-order valence-electron chi connectivity index (χ1n) is 10.2. The van der Waals surface area contributed by atoms with Gasteiger partial charge in [-0.1, -0.05) is 33.1 Å². The zero-order valence-corrected chi connectivity index (χ0v) is 17.2. The lowest BCUT2D eigenvalue weighted by atomic mass is 10.1. The minimum atomic E-state index is -0.440. The first-order chi connectivity index (χ1) is 14.1. The van der Waals surface area contributed by atoms with E-state index in [4.69, 9.17) is 0 Å². The number of nitro groups is 1. The van der Waals surface area contributed by atoms with E-state index in [1.54, 1.807) is 12.1 Å². The summed E-state index contributed by atoms with van der Waals surface area (Å²) >= 11 is 0. The van der Waals surface area contributed by atoms with Crippen LogP contribution in [0.15, 0.2) is 58.8 Å². The molecule has 0 saturated heterocycles. The molecule has 0 radical (unpaired) electrons. The van der Waals surface area contributed by atoms with Gasteiger partial charge in [-0.05, 0) is 49.2 Å². The van der Waals surface area contributed by atoms with Crippen molar-refractivity contribution in [3.63, 3.8) is 0 Å². The van der Waals surface area contributed by atoms with E-state index >= 15 is 0 Å². The minimum absolute atomic E-state index is 0.0296. The number of nitrogens with zero attached hydrogens (tertiary/aromatic N) is 4. The van der Waals surface area contributed by atoms with Gasteiger partial charge >= 0.3 is 0 Å². The predicted octanol–water partition coefficient (Wildman–Crippen LogP) is 6.17. The molecule has 0 heterocycles. The van der Waals surface area contributed by atoms with Crippen LogP contribution in [0, 0.1) is 10.1 Å². The maximum atomic E-state index is 10.7. The largest absolute Gasteiger partial charge is 0.394 e. The molecule has 7 heteroatoms. The highest BCUT2D eigenvalue weighted by molar-refractivity contribution is 5.54. The molecule has 0 amide bonds. The summed E-state index contributed by atoms with van der Waals surface area (Å²) in [5.74, 6) is 0. The molecule has 0 aromatic heterocycles. The molecular formula is C22H30N4O3. The number of rotatable bonds is 12. The number of hydrogen-bond donors (Lipinski definition) is 1. The van der Waals surface area contributed by atoms with Gasteiger partial charge in [0.25, 0.3) is 5.69 Å². The van der Waals surface area contributed by atoms with Gasteiger partial charge in [-0.25, -0.2) is 0 Å². The van der Waals surface area contributed by atoms with E-state index in [1.807, 2.05) is 24.3 Å². The molecule has 29 heavy (non-hydrogen) atoms. The van der Waals surface area contributed by atoms with Crippen LogP contribution in [0.2, 0.25) is 0 Å². The smallest absolute Gasteiger partial charge is 0.269 e. The van der Waals surface area contributed by atoms with Crippen molar-refractivity contribution < 1.29 is 10.0 Å². The van der Waals surface area contributed by atoms with Gasteiger partial charge in [0, 0.05) is 24.4 Å². The maximum absolute atomic E-state index is 10.7. The number of hydrogen-bond acceptors (Lipinski definition) is 6. The molecule has 2 aromatic carbocycles. The van der Waals surface area contributed by atoms with Gasteiger partial charge in [0.05, 0.1) is 28.9 Å². The third kappa shape index (κ3) is 6.94. The third-order valence-electron chi connectivity index (χ3n) is 4.80. The van der Waals surface area contributed by atoms with Gasteiger partial charge in [0.2, 0.25) is 0 Å². The zero-order chi connectivity index (χ0) is 21.1. The average molecular weight is 399 g/mol. The highest BCUT2D eigenvalue weighted by Crippen LogP contribution is 2.26. The van der Waals surface area contributed by atoms with Crippen molar-refractivity contribution in [2.45, 2.75) is 52.0 Å². The number of anilines is 1. The van der Waals surface area contributed by atoms with E-state index in [9.17, 15) is 15.2 Å². The van der Waals surface area contributed by atoms with Crippen LogP contribution < -0.4 is 4.90 Å². The lowest BCUT2D eigenvalue weighted by molar-refractivity contribution is -0.384. The van der Waals surface area contributed by atoms with Crippen molar-refractivity contribution in [2.75, 3.05) is 18.1 Å². The molecule has 0 aliphatic heterocycles. The average Bonchev–Trinajstić information content (AvgIpc) is 2.75. The van der Waals surface area contributed by atoms with Crippen LogP contribution in [0.25, 0.3) is 0 Å². The maximum Gasteiger partial charge on any atom is 0.269 e. The van der Waals surface area contributed by atoms with Gasteiger partial charge in [-0.15, -0.1) is 0 Å². The highest BCUT2D eigenvalue weighted by Gasteiger charge is 2.17. The summed E-state index contributed by atoms with van der Waals surface area (Å²) in [4.78, 5) is 12.6. The van der Waals surface area contributed by atoms with Gasteiger partial charge < -0.3 is 10.0 Å². The number of non-ortho nitro benzene ring substituents is 1. The number of aliphatic hydroxyl groups excluding tert-OH is 1. The number of nitro benzene ring substituents is 1. The fourth-order valence-electron chi connectivity index (χ4n) is 3.20. The first-order valence-corrected chi connectivity index (χ1v) is 10.2. The minimum Gasteiger partial charge on any atom is -0.394 e. The van der Waals surface area contributed by atoms with Crippen LogP contribution in [0.3, 0.4) is 0 Å². The first kappa shape index (κ1) is 22.5. The van der Waals surface area contributed by atoms with Crippen molar-refractivity contribution in [2.24, 2.45) is 10.2 Å². The lowest BCUT2D eigenvalue weighted by Crippen LogP contribution is -2.38. The molecule has 1 N–H and O–H groups in total. The predicted molar refractivity (Wildman–Crippen MR) is 116 cm³/mol. The Morgan fingerprint density at radius 3 is 2.03 bits per heavy atom. The second-order valence-corrected chi connectivity index (χ2v) is 7.02. The Hall–Kier alpha value is -2.80. The molecule has 0 fully saturated rings. The number of unbranched alkanes of at least 4 members (excludes halogenated alkanes) is 2. The van der Waals surface area contributed by atoms with E-state index in [1.165, 1.54) is 18.6 Å². The molecular weight excluding hydrogens is 368 g/mol. The van der Waals surface area contributed by atoms with Crippen molar-refractivity contribution in [3.8, 4) is 0 Å². The standard InChI is InChI=1S/C22H30N4O3/c1-3-5-6-16-25(22(17-27)7-4-2)20-12-8-18(9-13-20)23-24-19-10-14-21(15-11-19)26(28)29/h8-15,22,27H,3-7,16-17H2,1-2H3. The number of azo groups is 1. The molecule has 0 spiro atoms. The van der Waals surface area contributed by atoms with Crippen molar-refractivity contribution >= 4 is 22.7 Å². The van der Waals surface area contributed by atoms with Crippen molar-refractivity contribution in [1.82, 2.24) is 0 Å². The third-order valence-corrected chi connectivity index (χ3v) is 4.80. The van der Waals surface area contributed by atoms with Crippen molar-refractivity contribution in [1.29, 1.82) is 0 Å². The summed E-state index contributed by atoms with van der Waals surface area (Å²) in [7, 11) is 0. The van der Waals surface area contributed by atoms with E-state index < -0.39 is 4.92 Å². The Morgan fingerprint density at radius 1 is 0.966 bits per heavy atom. The highest BCUT2D eigenvalue weighted by atomic mass is 16.6. The van der Waals surface area contributed by atoms with Crippen LogP contribution in [-0.2, 0) is 0 Å². The molecule has 1 atom stereocenters. The van der Waals surface area contributed by atoms with E-state index in [2.05, 4.69) is 29.0 Å². The van der Waals surface area contributed by atoms with Crippen molar-refractivity contribution in [3.05, 3.63) is 58.6 Å². The molecule has 0 saturated carbocycles. The summed E-state index contributed by atoms with van der Waals surface area (Å²) in [6.45, 7) is 5.38. The molecule has 1 unspecified atom stereocenters. The molecule has 0 aliphatic rings. The summed E-state index contributed by atoms with van der Waals surface area (Å²) < 4.78 is 0. The zero-order valence-electron chi connectivity index (χ0n) is 17.2. The summed E-state index contributed by atoms with van der Waals surface area (Å²) in [6, 6.07) is 13.9. The molecule has 2 aromatic rings. The van der Waals surface area contributed by atoms with Gasteiger partial charge in [-0.3, -0.25) is 10.1 Å². The quantitative estimate of drug-likeness (QED) is 0.200. The van der Waals surface area contributed by atoms with E-state index in [-0.39, 0.29) is 18.3 Å². The van der Waals surface area contributed by atoms with Gasteiger partial charge in [0.15, 0.2) is 0 Å². The molecule has 2 rings (SSSR count). The Bertz CT molecular complexity index is 776. The summed E-state index contributed by atoms with van der Waals surface area (Å²) in [6.07, 6.45) is 5.40. The molecule has 0 aliphatic carbocycles. The molecule has 156 valence electrons. The van der Waals surface area contributed by atoms with E-state index in [0.29, 0.717) is 11.4 Å². The Morgan fingerprint density at radius 2 is 1.55 bits per heavy atom. The van der Waals surface area contributed by atoms with Crippen LogP contribution in [0.5, 0.6) is 0 Å². The normalized spacial score (nSPS) is 12.2. The van der Waals surface area contributed by atoms with Crippen LogP contribution >= 0.6 is 0 Å². The van der Waals surface area contributed by atoms with Crippen LogP contribution in [0.4, 0.5) is 22.7 Å². The van der Waals surface area contributed by atoms with E-state index in [0.717, 1.165) is 37.9 Å². The second kappa shape index (κ2) is 11.9. The Labute approximate surface area is 172 Å². The monoisotopic (exact) mass is 398 g/mol. The number of aliphatic hydroxyl groups is 1. The SMILES string of the molecule is CCCCCN(c1ccc(N=Nc2ccc([N+](=O)[O-])cc2)cc1)C(CO)CCC. The Kier molecular flexibility index (Phi) is 9.24. The van der Waals surface area contributed by atoms with Gasteiger partial charge in [0.1, 0.15) is 0 Å². The summed E-state index contributed by atoms with van der Waals surface area (Å²) in [5, 5.41) is 28.9. The lowest BCUT2D eigenvalue weighted by Gasteiger charge is -2.33. The second-order valence-electron chi connectivity index (χ2n) is 7.02. The fraction of sp³-hybridized carbons (Fsp3) is 0.455.